The Hall–Kier alpha value is -2.22. The summed E-state index contributed by atoms with van der Waals surface area (Å²) in [5.74, 6) is 0.579. The third-order valence-electron chi connectivity index (χ3n) is 4.65. The molecule has 0 aliphatic rings. The Labute approximate surface area is 144 Å². The molecule has 5 heteroatoms. The summed E-state index contributed by atoms with van der Waals surface area (Å²) in [5, 5.41) is 10.1. The lowest BCUT2D eigenvalue weighted by Crippen LogP contribution is -2.50. The summed E-state index contributed by atoms with van der Waals surface area (Å²) in [7, 11) is 3.10. The Kier molecular flexibility index (Phi) is 6.25. The highest BCUT2D eigenvalue weighted by Gasteiger charge is 2.55. The first-order valence-corrected chi connectivity index (χ1v) is 8.03. The molecule has 0 bridgehead atoms. The quantitative estimate of drug-likeness (QED) is 0.712. The number of rotatable bonds is 7. The smallest absolute Gasteiger partial charge is 0.313 e. The average Bonchev–Trinajstić information content (AvgIpc) is 2.55. The van der Waals surface area contributed by atoms with Crippen LogP contribution >= 0.6 is 0 Å². The number of hydrogen-bond donors (Lipinski definition) is 0. The van der Waals surface area contributed by atoms with Crippen LogP contribution < -0.4 is 9.47 Å². The van der Waals surface area contributed by atoms with Gasteiger partial charge in [-0.25, -0.2) is 0 Å². The van der Waals surface area contributed by atoms with Crippen molar-refractivity contribution in [2.45, 2.75) is 40.0 Å². The van der Waals surface area contributed by atoms with E-state index < -0.39 is 16.8 Å². The number of methoxy groups -OCH3 is 2. The molecular formula is C19H27NO4. The van der Waals surface area contributed by atoms with E-state index in [0.717, 1.165) is 0 Å². The number of hydrogen-bond acceptors (Lipinski definition) is 5. The van der Waals surface area contributed by atoms with E-state index in [1.54, 1.807) is 47.1 Å². The molecule has 5 nitrogen and oxygen atoms in total. The first-order chi connectivity index (χ1) is 11.2. The van der Waals surface area contributed by atoms with Crippen LogP contribution in [0.2, 0.25) is 0 Å². The lowest BCUT2D eigenvalue weighted by atomic mass is 9.57. The van der Waals surface area contributed by atoms with Gasteiger partial charge in [0.2, 0.25) is 0 Å². The van der Waals surface area contributed by atoms with Crippen molar-refractivity contribution >= 4 is 5.97 Å². The first-order valence-electron chi connectivity index (χ1n) is 8.03. The summed E-state index contributed by atoms with van der Waals surface area (Å²) in [6, 6.07) is 7.73. The molecule has 132 valence electrons. The Morgan fingerprint density at radius 1 is 1.21 bits per heavy atom. The normalized spacial score (nSPS) is 13.8. The van der Waals surface area contributed by atoms with Crippen molar-refractivity contribution < 1.29 is 19.0 Å². The predicted octanol–water partition coefficient (Wildman–Crippen LogP) is 3.71. The Balaban J connectivity index is 3.64. The standard InChI is InChI=1S/C19H27NO4/c1-8-24-17(21)18(4,5)19(12-20,13(2)3)14-9-10-15(22-6)16(11-14)23-7/h9-11,13H,8H2,1-7H3. The maximum atomic E-state index is 12.6. The molecule has 0 aliphatic heterocycles. The molecule has 0 spiro atoms. The van der Waals surface area contributed by atoms with Gasteiger partial charge in [-0.3, -0.25) is 4.79 Å². The van der Waals surface area contributed by atoms with Crippen LogP contribution in [0.25, 0.3) is 0 Å². The molecule has 0 saturated heterocycles. The van der Waals surface area contributed by atoms with E-state index in [2.05, 4.69) is 6.07 Å². The average molecular weight is 333 g/mol. The van der Waals surface area contributed by atoms with Crippen molar-refractivity contribution in [2.24, 2.45) is 11.3 Å². The zero-order valence-corrected chi connectivity index (χ0v) is 15.6. The van der Waals surface area contributed by atoms with Gasteiger partial charge in [-0.05, 0) is 44.4 Å². The van der Waals surface area contributed by atoms with Crippen LogP contribution in [0.3, 0.4) is 0 Å². The lowest BCUT2D eigenvalue weighted by molar-refractivity contribution is -0.157. The highest BCUT2D eigenvalue weighted by atomic mass is 16.5. The third-order valence-corrected chi connectivity index (χ3v) is 4.65. The molecule has 1 aromatic carbocycles. The minimum Gasteiger partial charge on any atom is -0.493 e. The number of esters is 1. The number of nitriles is 1. The fourth-order valence-electron chi connectivity index (χ4n) is 3.30. The summed E-state index contributed by atoms with van der Waals surface area (Å²) in [6.07, 6.45) is 0. The van der Waals surface area contributed by atoms with Crippen LogP contribution in [0.15, 0.2) is 18.2 Å². The molecule has 0 aromatic heterocycles. The maximum Gasteiger partial charge on any atom is 0.313 e. The van der Waals surface area contributed by atoms with Crippen LogP contribution in [0.5, 0.6) is 11.5 Å². The summed E-state index contributed by atoms with van der Waals surface area (Å²) < 4.78 is 15.9. The van der Waals surface area contributed by atoms with E-state index in [9.17, 15) is 10.1 Å². The second kappa shape index (κ2) is 7.57. The topological polar surface area (TPSA) is 68.6 Å². The Morgan fingerprint density at radius 2 is 1.79 bits per heavy atom. The summed E-state index contributed by atoms with van der Waals surface area (Å²) in [4.78, 5) is 12.6. The van der Waals surface area contributed by atoms with Crippen molar-refractivity contribution in [3.8, 4) is 17.6 Å². The monoisotopic (exact) mass is 333 g/mol. The van der Waals surface area contributed by atoms with E-state index in [1.807, 2.05) is 19.9 Å². The second-order valence-electron chi connectivity index (χ2n) is 6.49. The maximum absolute atomic E-state index is 12.6. The fourth-order valence-corrected chi connectivity index (χ4v) is 3.30. The molecule has 24 heavy (non-hydrogen) atoms. The summed E-state index contributed by atoms with van der Waals surface area (Å²) in [6.45, 7) is 9.40. The van der Waals surface area contributed by atoms with Crippen LogP contribution in [0.1, 0.15) is 40.2 Å². The molecule has 1 unspecified atom stereocenters. The van der Waals surface area contributed by atoms with Crippen molar-refractivity contribution in [1.82, 2.24) is 0 Å². The van der Waals surface area contributed by atoms with Crippen molar-refractivity contribution in [3.05, 3.63) is 23.8 Å². The number of carbonyl (C=O) groups excluding carboxylic acids is 1. The van der Waals surface area contributed by atoms with Gasteiger partial charge >= 0.3 is 5.97 Å². The number of benzene rings is 1. The first kappa shape index (κ1) is 19.8. The molecule has 1 atom stereocenters. The highest BCUT2D eigenvalue weighted by molar-refractivity contribution is 5.79. The SMILES string of the molecule is CCOC(=O)C(C)(C)C(C#N)(c1ccc(OC)c(OC)c1)C(C)C. The zero-order chi connectivity index (χ0) is 18.5. The van der Waals surface area contributed by atoms with Gasteiger partial charge in [0.15, 0.2) is 11.5 Å². The summed E-state index contributed by atoms with van der Waals surface area (Å²) >= 11 is 0. The molecule has 0 saturated carbocycles. The minimum absolute atomic E-state index is 0.125. The number of carbonyl (C=O) groups is 1. The molecule has 0 amide bonds. The van der Waals surface area contributed by atoms with Gasteiger partial charge in [0.05, 0.1) is 32.3 Å². The van der Waals surface area contributed by atoms with Crippen LogP contribution in [-0.2, 0) is 14.9 Å². The van der Waals surface area contributed by atoms with Gasteiger partial charge in [0.1, 0.15) is 5.41 Å². The molecule has 0 heterocycles. The predicted molar refractivity (Wildman–Crippen MR) is 92.1 cm³/mol. The van der Waals surface area contributed by atoms with E-state index in [1.165, 1.54) is 0 Å². The van der Waals surface area contributed by atoms with Crippen LogP contribution in [-0.4, -0.2) is 26.8 Å². The van der Waals surface area contributed by atoms with Gasteiger partial charge in [-0.15, -0.1) is 0 Å². The molecular weight excluding hydrogens is 306 g/mol. The van der Waals surface area contributed by atoms with Gasteiger partial charge in [0, 0.05) is 0 Å². The zero-order valence-electron chi connectivity index (χ0n) is 15.6. The van der Waals surface area contributed by atoms with E-state index in [4.69, 9.17) is 14.2 Å². The Bertz CT molecular complexity index is 631. The van der Waals surface area contributed by atoms with Gasteiger partial charge < -0.3 is 14.2 Å². The minimum atomic E-state index is -1.07. The molecule has 0 aliphatic carbocycles. The van der Waals surface area contributed by atoms with Gasteiger partial charge in [-0.2, -0.15) is 5.26 Å². The second-order valence-corrected chi connectivity index (χ2v) is 6.49. The third kappa shape index (κ3) is 3.06. The van der Waals surface area contributed by atoms with Crippen molar-refractivity contribution in [2.75, 3.05) is 20.8 Å². The molecule has 0 N–H and O–H groups in total. The molecule has 0 radical (unpaired) electrons. The molecule has 1 rings (SSSR count). The van der Waals surface area contributed by atoms with Crippen LogP contribution in [0.4, 0.5) is 0 Å². The number of nitrogens with zero attached hydrogens (tertiary/aromatic N) is 1. The van der Waals surface area contributed by atoms with E-state index in [0.29, 0.717) is 17.1 Å². The van der Waals surface area contributed by atoms with E-state index >= 15 is 0 Å². The number of ether oxygens (including phenoxy) is 3. The molecule has 0 fully saturated rings. The van der Waals surface area contributed by atoms with Crippen LogP contribution in [0, 0.1) is 22.7 Å². The van der Waals surface area contributed by atoms with Gasteiger partial charge in [-0.1, -0.05) is 19.9 Å². The Morgan fingerprint density at radius 3 is 2.21 bits per heavy atom. The van der Waals surface area contributed by atoms with Gasteiger partial charge in [0.25, 0.3) is 0 Å². The van der Waals surface area contributed by atoms with E-state index in [-0.39, 0.29) is 12.5 Å². The lowest BCUT2D eigenvalue weighted by Gasteiger charge is -2.43. The highest BCUT2D eigenvalue weighted by Crippen LogP contribution is 2.49. The molecule has 1 aromatic rings. The summed E-state index contributed by atoms with van der Waals surface area (Å²) in [5.41, 5.74) is -1.40. The van der Waals surface area contributed by atoms with Crippen molar-refractivity contribution in [1.29, 1.82) is 5.26 Å². The van der Waals surface area contributed by atoms with Crippen molar-refractivity contribution in [3.63, 3.8) is 0 Å². The largest absolute Gasteiger partial charge is 0.493 e. The fraction of sp³-hybridized carbons (Fsp3) is 0.579.